The van der Waals surface area contributed by atoms with Gasteiger partial charge in [0.1, 0.15) is 0 Å². The molecule has 0 amide bonds. The van der Waals surface area contributed by atoms with Gasteiger partial charge < -0.3 is 4.52 Å². The molecule has 0 bridgehead atoms. The van der Waals surface area contributed by atoms with E-state index in [1.54, 1.807) is 11.8 Å². The van der Waals surface area contributed by atoms with E-state index in [0.717, 1.165) is 40.9 Å². The van der Waals surface area contributed by atoms with Crippen LogP contribution in [-0.4, -0.2) is 24.9 Å². The highest BCUT2D eigenvalue weighted by Crippen LogP contribution is 2.40. The fourth-order valence-electron chi connectivity index (χ4n) is 3.06. The second-order valence-corrected chi connectivity index (χ2v) is 8.18. The Bertz CT molecular complexity index is 1070. The SMILES string of the molecule is CC(Sc1nnc(-c2ccccc2)n1-c1ccccc1)c1nc(C2CC2)no1. The van der Waals surface area contributed by atoms with E-state index in [1.807, 2.05) is 48.5 Å². The first kappa shape index (κ1) is 17.2. The van der Waals surface area contributed by atoms with Crippen molar-refractivity contribution in [3.8, 4) is 17.1 Å². The minimum atomic E-state index is -0.0183. The van der Waals surface area contributed by atoms with Crippen molar-refractivity contribution < 1.29 is 4.52 Å². The number of para-hydroxylation sites is 1. The van der Waals surface area contributed by atoms with Crippen molar-refractivity contribution in [2.45, 2.75) is 36.1 Å². The average Bonchev–Trinajstić information content (AvgIpc) is 3.32. The van der Waals surface area contributed by atoms with Crippen molar-refractivity contribution >= 4 is 11.8 Å². The van der Waals surface area contributed by atoms with Gasteiger partial charge >= 0.3 is 0 Å². The zero-order valence-corrected chi connectivity index (χ0v) is 16.2. The predicted molar refractivity (Wildman–Crippen MR) is 107 cm³/mol. The fraction of sp³-hybridized carbons (Fsp3) is 0.238. The summed E-state index contributed by atoms with van der Waals surface area (Å²) in [6.07, 6.45) is 2.31. The zero-order chi connectivity index (χ0) is 18.9. The van der Waals surface area contributed by atoms with Crippen molar-refractivity contribution in [1.29, 1.82) is 0 Å². The summed E-state index contributed by atoms with van der Waals surface area (Å²) in [6, 6.07) is 20.2. The first-order valence-corrected chi connectivity index (χ1v) is 10.2. The molecule has 1 saturated carbocycles. The molecule has 28 heavy (non-hydrogen) atoms. The molecule has 1 unspecified atom stereocenters. The van der Waals surface area contributed by atoms with Gasteiger partial charge in [-0.1, -0.05) is 65.4 Å². The van der Waals surface area contributed by atoms with Crippen LogP contribution in [0.15, 0.2) is 70.3 Å². The lowest BCUT2D eigenvalue weighted by Gasteiger charge is -2.11. The van der Waals surface area contributed by atoms with E-state index in [1.165, 1.54) is 0 Å². The number of hydrogen-bond acceptors (Lipinski definition) is 6. The molecule has 1 aliphatic carbocycles. The Labute approximate surface area is 167 Å². The molecule has 5 rings (SSSR count). The Kier molecular flexibility index (Phi) is 4.44. The maximum absolute atomic E-state index is 5.50. The van der Waals surface area contributed by atoms with Gasteiger partial charge in [0.05, 0.1) is 5.25 Å². The third-order valence-corrected chi connectivity index (χ3v) is 5.74. The molecule has 0 spiro atoms. The largest absolute Gasteiger partial charge is 0.338 e. The Hall–Kier alpha value is -2.93. The lowest BCUT2D eigenvalue weighted by molar-refractivity contribution is 0.374. The molecule has 6 nitrogen and oxygen atoms in total. The summed E-state index contributed by atoms with van der Waals surface area (Å²) in [4.78, 5) is 4.58. The summed E-state index contributed by atoms with van der Waals surface area (Å²) >= 11 is 1.57. The molecule has 1 fully saturated rings. The van der Waals surface area contributed by atoms with Gasteiger partial charge in [-0.15, -0.1) is 10.2 Å². The van der Waals surface area contributed by atoms with Crippen LogP contribution in [0, 0.1) is 0 Å². The fourth-order valence-corrected chi connectivity index (χ4v) is 3.96. The molecule has 0 N–H and O–H groups in total. The highest BCUT2D eigenvalue weighted by atomic mass is 32.2. The molecule has 1 atom stereocenters. The quantitative estimate of drug-likeness (QED) is 0.430. The first-order valence-electron chi connectivity index (χ1n) is 9.36. The average molecular weight is 389 g/mol. The summed E-state index contributed by atoms with van der Waals surface area (Å²) in [5.41, 5.74) is 2.04. The second kappa shape index (κ2) is 7.24. The Balaban J connectivity index is 1.50. The van der Waals surface area contributed by atoms with E-state index in [0.29, 0.717) is 11.8 Å². The lowest BCUT2D eigenvalue weighted by atomic mass is 10.2. The van der Waals surface area contributed by atoms with Gasteiger partial charge in [0.15, 0.2) is 16.8 Å². The molecule has 4 aromatic rings. The molecule has 0 aliphatic heterocycles. The maximum atomic E-state index is 5.50. The van der Waals surface area contributed by atoms with Gasteiger partial charge in [0.25, 0.3) is 0 Å². The van der Waals surface area contributed by atoms with Gasteiger partial charge in [-0.3, -0.25) is 4.57 Å². The van der Waals surface area contributed by atoms with E-state index in [-0.39, 0.29) is 5.25 Å². The summed E-state index contributed by atoms with van der Waals surface area (Å²) < 4.78 is 7.58. The minimum Gasteiger partial charge on any atom is -0.338 e. The van der Waals surface area contributed by atoms with Crippen molar-refractivity contribution in [3.05, 3.63) is 72.4 Å². The molecule has 2 aromatic carbocycles. The number of hydrogen-bond donors (Lipinski definition) is 0. The molecular formula is C21H19N5OS. The predicted octanol–water partition coefficient (Wildman–Crippen LogP) is 5.05. The van der Waals surface area contributed by atoms with E-state index < -0.39 is 0 Å². The maximum Gasteiger partial charge on any atom is 0.239 e. The summed E-state index contributed by atoms with van der Waals surface area (Å²) in [7, 11) is 0. The van der Waals surface area contributed by atoms with E-state index in [9.17, 15) is 0 Å². The number of benzene rings is 2. The van der Waals surface area contributed by atoms with Gasteiger partial charge in [-0.05, 0) is 31.9 Å². The Morgan fingerprint density at radius 3 is 2.43 bits per heavy atom. The normalized spacial score (nSPS) is 14.9. The first-order chi connectivity index (χ1) is 13.8. The summed E-state index contributed by atoms with van der Waals surface area (Å²) in [5, 5.41) is 13.9. The Morgan fingerprint density at radius 2 is 1.71 bits per heavy atom. The molecule has 0 saturated heterocycles. The second-order valence-electron chi connectivity index (χ2n) is 6.87. The van der Waals surface area contributed by atoms with Crippen LogP contribution < -0.4 is 0 Å². The van der Waals surface area contributed by atoms with Crippen LogP contribution in [0.5, 0.6) is 0 Å². The van der Waals surface area contributed by atoms with Crippen molar-refractivity contribution in [3.63, 3.8) is 0 Å². The third-order valence-electron chi connectivity index (χ3n) is 4.71. The van der Waals surface area contributed by atoms with Gasteiger partial charge in [0, 0.05) is 17.2 Å². The lowest BCUT2D eigenvalue weighted by Crippen LogP contribution is -2.00. The van der Waals surface area contributed by atoms with Crippen molar-refractivity contribution in [1.82, 2.24) is 24.9 Å². The third kappa shape index (κ3) is 3.33. The van der Waals surface area contributed by atoms with Crippen LogP contribution in [-0.2, 0) is 0 Å². The minimum absolute atomic E-state index is 0.0183. The van der Waals surface area contributed by atoms with Crippen LogP contribution in [0.1, 0.15) is 42.6 Å². The number of rotatable bonds is 6. The summed E-state index contributed by atoms with van der Waals surface area (Å²) in [6.45, 7) is 2.06. The van der Waals surface area contributed by atoms with E-state index in [2.05, 4.69) is 44.0 Å². The van der Waals surface area contributed by atoms with Gasteiger partial charge in [-0.2, -0.15) is 4.98 Å². The van der Waals surface area contributed by atoms with Crippen LogP contribution in [0.4, 0.5) is 0 Å². The Morgan fingerprint density at radius 1 is 1.00 bits per heavy atom. The zero-order valence-electron chi connectivity index (χ0n) is 15.4. The number of aromatic nitrogens is 5. The number of nitrogens with zero attached hydrogens (tertiary/aromatic N) is 5. The topological polar surface area (TPSA) is 69.6 Å². The van der Waals surface area contributed by atoms with E-state index >= 15 is 0 Å². The smallest absolute Gasteiger partial charge is 0.239 e. The van der Waals surface area contributed by atoms with Crippen LogP contribution in [0.3, 0.4) is 0 Å². The highest BCUT2D eigenvalue weighted by molar-refractivity contribution is 7.99. The molecule has 1 aliphatic rings. The standard InChI is InChI=1S/C21H19N5OS/c1-14(20-22-18(25-27-20)15-12-13-15)28-21-24-23-19(16-8-4-2-5-9-16)26(21)17-10-6-3-7-11-17/h2-11,14-15H,12-13H2,1H3. The molecule has 2 aromatic heterocycles. The van der Waals surface area contributed by atoms with Crippen LogP contribution >= 0.6 is 11.8 Å². The van der Waals surface area contributed by atoms with Crippen LogP contribution in [0.25, 0.3) is 17.1 Å². The van der Waals surface area contributed by atoms with Gasteiger partial charge in [0.2, 0.25) is 5.89 Å². The highest BCUT2D eigenvalue weighted by Gasteiger charge is 2.30. The van der Waals surface area contributed by atoms with Crippen molar-refractivity contribution in [2.75, 3.05) is 0 Å². The number of thioether (sulfide) groups is 1. The molecule has 140 valence electrons. The van der Waals surface area contributed by atoms with E-state index in [4.69, 9.17) is 4.52 Å². The molecule has 7 heteroatoms. The molecule has 0 radical (unpaired) electrons. The van der Waals surface area contributed by atoms with Crippen molar-refractivity contribution in [2.24, 2.45) is 0 Å². The monoisotopic (exact) mass is 389 g/mol. The molecule has 2 heterocycles. The van der Waals surface area contributed by atoms with Crippen LogP contribution in [0.2, 0.25) is 0 Å². The molecular weight excluding hydrogens is 370 g/mol. The summed E-state index contributed by atoms with van der Waals surface area (Å²) in [5.74, 6) is 2.76. The van der Waals surface area contributed by atoms with Gasteiger partial charge in [-0.25, -0.2) is 0 Å².